The lowest BCUT2D eigenvalue weighted by molar-refractivity contribution is 0.0950. The van der Waals surface area contributed by atoms with Crippen LogP contribution in [0.25, 0.3) is 0 Å². The normalized spacial score (nSPS) is 16.8. The molecule has 7 nitrogen and oxygen atoms in total. The van der Waals surface area contributed by atoms with Crippen molar-refractivity contribution in [3.63, 3.8) is 0 Å². The molecule has 0 atom stereocenters. The highest BCUT2D eigenvalue weighted by molar-refractivity contribution is 7.89. The molecule has 2 aliphatic rings. The largest absolute Gasteiger partial charge is 0.454 e. The van der Waals surface area contributed by atoms with Gasteiger partial charge in [0.1, 0.15) is 0 Å². The van der Waals surface area contributed by atoms with Crippen molar-refractivity contribution in [1.29, 1.82) is 0 Å². The molecule has 1 fully saturated rings. The van der Waals surface area contributed by atoms with Gasteiger partial charge in [-0.1, -0.05) is 25.0 Å². The zero-order valence-corrected chi connectivity index (χ0v) is 17.8. The van der Waals surface area contributed by atoms with Gasteiger partial charge in [0.05, 0.1) is 4.90 Å². The molecule has 2 aliphatic heterocycles. The fourth-order valence-electron chi connectivity index (χ4n) is 3.77. The summed E-state index contributed by atoms with van der Waals surface area (Å²) in [6.45, 7) is 3.36. The number of carbonyl (C=O) groups is 1. The predicted molar refractivity (Wildman–Crippen MR) is 112 cm³/mol. The van der Waals surface area contributed by atoms with Gasteiger partial charge >= 0.3 is 0 Å². The van der Waals surface area contributed by atoms with Crippen LogP contribution in [0.3, 0.4) is 0 Å². The van der Waals surface area contributed by atoms with Gasteiger partial charge in [0.2, 0.25) is 16.8 Å². The average Bonchev–Trinajstić information content (AvgIpc) is 3.02. The smallest absolute Gasteiger partial charge is 0.251 e. The maximum atomic E-state index is 13.1. The highest BCUT2D eigenvalue weighted by Crippen LogP contribution is 2.32. The molecular weight excluding hydrogens is 404 g/mol. The third kappa shape index (κ3) is 4.29. The molecule has 160 valence electrons. The number of ether oxygens (including phenoxy) is 2. The Morgan fingerprint density at radius 3 is 2.50 bits per heavy atom. The minimum absolute atomic E-state index is 0.170. The number of benzene rings is 2. The number of hydrogen-bond acceptors (Lipinski definition) is 5. The van der Waals surface area contributed by atoms with Gasteiger partial charge in [-0.05, 0) is 55.2 Å². The molecule has 0 unspecified atom stereocenters. The molecule has 8 heteroatoms. The SMILES string of the molecule is Cc1ccc(S(=O)(=O)N2CCCCCC2)cc1C(=O)NCc1ccc2c(c1)OCO2. The Balaban J connectivity index is 1.50. The Kier molecular flexibility index (Phi) is 5.97. The molecular formula is C22H26N2O5S. The Bertz CT molecular complexity index is 1040. The number of nitrogens with zero attached hydrogens (tertiary/aromatic N) is 1. The van der Waals surface area contributed by atoms with Gasteiger partial charge in [-0.3, -0.25) is 4.79 Å². The van der Waals surface area contributed by atoms with Gasteiger partial charge in [-0.25, -0.2) is 8.42 Å². The van der Waals surface area contributed by atoms with E-state index in [1.165, 1.54) is 6.07 Å². The van der Waals surface area contributed by atoms with E-state index in [1.807, 2.05) is 18.2 Å². The summed E-state index contributed by atoms with van der Waals surface area (Å²) in [5, 5.41) is 2.87. The van der Waals surface area contributed by atoms with Crippen LogP contribution in [0.5, 0.6) is 11.5 Å². The first kappa shape index (κ1) is 20.7. The minimum Gasteiger partial charge on any atom is -0.454 e. The number of carbonyl (C=O) groups excluding carboxylic acids is 1. The number of sulfonamides is 1. The third-order valence-corrected chi connectivity index (χ3v) is 7.44. The summed E-state index contributed by atoms with van der Waals surface area (Å²) >= 11 is 0. The van der Waals surface area contributed by atoms with Crippen molar-refractivity contribution >= 4 is 15.9 Å². The molecule has 2 aromatic rings. The Hall–Kier alpha value is -2.58. The van der Waals surface area contributed by atoms with E-state index in [4.69, 9.17) is 9.47 Å². The zero-order chi connectivity index (χ0) is 21.1. The van der Waals surface area contributed by atoms with E-state index < -0.39 is 10.0 Å². The molecule has 0 bridgehead atoms. The number of aryl methyl sites for hydroxylation is 1. The summed E-state index contributed by atoms with van der Waals surface area (Å²) in [7, 11) is -3.61. The van der Waals surface area contributed by atoms with Crippen molar-refractivity contribution in [2.24, 2.45) is 0 Å². The maximum absolute atomic E-state index is 13.1. The second-order valence-corrected chi connectivity index (χ2v) is 9.60. The first-order valence-corrected chi connectivity index (χ1v) is 11.7. The Morgan fingerprint density at radius 2 is 1.73 bits per heavy atom. The fraction of sp³-hybridized carbons (Fsp3) is 0.409. The molecule has 30 heavy (non-hydrogen) atoms. The van der Waals surface area contributed by atoms with Gasteiger partial charge in [-0.2, -0.15) is 4.31 Å². The molecule has 0 aliphatic carbocycles. The molecule has 0 radical (unpaired) electrons. The highest BCUT2D eigenvalue weighted by Gasteiger charge is 2.26. The van der Waals surface area contributed by atoms with Crippen LogP contribution >= 0.6 is 0 Å². The molecule has 2 aromatic carbocycles. The standard InChI is InChI=1S/C22H26N2O5S/c1-16-6-8-18(30(26,27)24-10-4-2-3-5-11-24)13-19(16)22(25)23-14-17-7-9-20-21(12-17)29-15-28-20/h6-9,12-13H,2-5,10-11,14-15H2,1H3,(H,23,25). The van der Waals surface area contributed by atoms with Crippen molar-refractivity contribution in [3.05, 3.63) is 53.1 Å². The number of amides is 1. The van der Waals surface area contributed by atoms with Crippen molar-refractivity contribution in [3.8, 4) is 11.5 Å². The molecule has 1 amide bonds. The summed E-state index contributed by atoms with van der Waals surface area (Å²) in [6.07, 6.45) is 3.84. The van der Waals surface area contributed by atoms with Crippen LogP contribution < -0.4 is 14.8 Å². The van der Waals surface area contributed by atoms with Gasteiger partial charge in [0, 0.05) is 25.2 Å². The summed E-state index contributed by atoms with van der Waals surface area (Å²) < 4.78 is 38.4. The number of fused-ring (bicyclic) bond motifs is 1. The lowest BCUT2D eigenvalue weighted by atomic mass is 10.1. The summed E-state index contributed by atoms with van der Waals surface area (Å²) in [5.41, 5.74) is 1.97. The molecule has 4 rings (SSSR count). The van der Waals surface area contributed by atoms with Crippen LogP contribution in [0.2, 0.25) is 0 Å². The molecule has 0 aromatic heterocycles. The van der Waals surface area contributed by atoms with Crippen molar-refractivity contribution in [1.82, 2.24) is 9.62 Å². The van der Waals surface area contributed by atoms with Crippen LogP contribution in [-0.2, 0) is 16.6 Å². The van der Waals surface area contributed by atoms with Crippen molar-refractivity contribution in [2.75, 3.05) is 19.9 Å². The lowest BCUT2D eigenvalue weighted by Gasteiger charge is -2.20. The van der Waals surface area contributed by atoms with Crippen LogP contribution in [-0.4, -0.2) is 38.5 Å². The van der Waals surface area contributed by atoms with Crippen molar-refractivity contribution in [2.45, 2.75) is 44.0 Å². The molecule has 0 spiro atoms. The minimum atomic E-state index is -3.61. The summed E-state index contributed by atoms with van der Waals surface area (Å²) in [5.74, 6) is 1.04. The molecule has 0 saturated carbocycles. The molecule has 1 N–H and O–H groups in total. The van der Waals surface area contributed by atoms with Gasteiger partial charge in [0.15, 0.2) is 11.5 Å². The molecule has 1 saturated heterocycles. The van der Waals surface area contributed by atoms with Crippen LogP contribution in [0, 0.1) is 6.92 Å². The van der Waals surface area contributed by atoms with E-state index in [0.29, 0.717) is 36.7 Å². The number of nitrogens with one attached hydrogen (secondary N) is 1. The van der Waals surface area contributed by atoms with Crippen LogP contribution in [0.15, 0.2) is 41.3 Å². The topological polar surface area (TPSA) is 84.9 Å². The third-order valence-electron chi connectivity index (χ3n) is 5.55. The fourth-order valence-corrected chi connectivity index (χ4v) is 5.31. The first-order valence-electron chi connectivity index (χ1n) is 10.2. The van der Waals surface area contributed by atoms with E-state index in [1.54, 1.807) is 23.4 Å². The highest BCUT2D eigenvalue weighted by atomic mass is 32.2. The van der Waals surface area contributed by atoms with E-state index in [9.17, 15) is 13.2 Å². The monoisotopic (exact) mass is 430 g/mol. The predicted octanol–water partition coefficient (Wildman–Crippen LogP) is 3.22. The second-order valence-electron chi connectivity index (χ2n) is 7.67. The Labute approximate surface area is 177 Å². The number of hydrogen-bond donors (Lipinski definition) is 1. The van der Waals surface area contributed by atoms with Crippen LogP contribution in [0.4, 0.5) is 0 Å². The zero-order valence-electron chi connectivity index (χ0n) is 17.0. The van der Waals surface area contributed by atoms with Gasteiger partial charge < -0.3 is 14.8 Å². The molecule has 2 heterocycles. The van der Waals surface area contributed by atoms with E-state index >= 15 is 0 Å². The number of rotatable bonds is 5. The lowest BCUT2D eigenvalue weighted by Crippen LogP contribution is -2.32. The quantitative estimate of drug-likeness (QED) is 0.787. The summed E-state index contributed by atoms with van der Waals surface area (Å²) in [6, 6.07) is 10.3. The first-order chi connectivity index (χ1) is 14.4. The Morgan fingerprint density at radius 1 is 1.00 bits per heavy atom. The van der Waals surface area contributed by atoms with Crippen molar-refractivity contribution < 1.29 is 22.7 Å². The van der Waals surface area contributed by atoms with E-state index in [0.717, 1.165) is 36.8 Å². The second kappa shape index (κ2) is 8.65. The van der Waals surface area contributed by atoms with Gasteiger partial charge in [-0.15, -0.1) is 0 Å². The average molecular weight is 431 g/mol. The van der Waals surface area contributed by atoms with E-state index in [-0.39, 0.29) is 17.6 Å². The maximum Gasteiger partial charge on any atom is 0.251 e. The summed E-state index contributed by atoms with van der Waals surface area (Å²) in [4.78, 5) is 13.0. The van der Waals surface area contributed by atoms with Crippen LogP contribution in [0.1, 0.15) is 47.2 Å². The van der Waals surface area contributed by atoms with E-state index in [2.05, 4.69) is 5.32 Å². The van der Waals surface area contributed by atoms with Gasteiger partial charge in [0.25, 0.3) is 5.91 Å².